The Morgan fingerprint density at radius 3 is 2.23 bits per heavy atom. The van der Waals surface area contributed by atoms with Crippen molar-refractivity contribution < 1.29 is 4.79 Å². The van der Waals surface area contributed by atoms with Crippen molar-refractivity contribution in [3.05, 3.63) is 0 Å². The van der Waals surface area contributed by atoms with Gasteiger partial charge in [-0.05, 0) is 6.92 Å². The molecule has 3 nitrogen and oxygen atoms in total. The Hall–Kier alpha value is -0.410. The van der Waals surface area contributed by atoms with Crippen molar-refractivity contribution in [1.82, 2.24) is 10.6 Å². The number of carbonyl (C=O) groups excluding carboxylic acids is 1. The van der Waals surface area contributed by atoms with Gasteiger partial charge in [0.2, 0.25) is 0 Å². The fourth-order valence-corrected chi connectivity index (χ4v) is 1.61. The molecule has 3 heteroatoms. The molecule has 2 unspecified atom stereocenters. The summed E-state index contributed by atoms with van der Waals surface area (Å²) in [5.74, 6) is 0.298. The molecule has 13 heavy (non-hydrogen) atoms. The maximum atomic E-state index is 11.9. The van der Waals surface area contributed by atoms with E-state index in [2.05, 4.69) is 17.6 Å². The first kappa shape index (κ1) is 10.7. The zero-order valence-corrected chi connectivity index (χ0v) is 8.98. The quantitative estimate of drug-likeness (QED) is 0.625. The number of Topliss-reactive ketones (excluding diaryl/α,β-unsaturated/α-hetero) is 1. The largest absolute Gasteiger partial charge is 0.311 e. The van der Waals surface area contributed by atoms with Crippen molar-refractivity contribution in [1.29, 1.82) is 0 Å². The summed E-state index contributed by atoms with van der Waals surface area (Å²) in [7, 11) is 0. The minimum atomic E-state index is -0.245. The lowest BCUT2D eigenvalue weighted by Gasteiger charge is -2.34. The normalized spacial score (nSPS) is 30.2. The Kier molecular flexibility index (Phi) is 3.09. The molecule has 2 N–H and O–H groups in total. The lowest BCUT2D eigenvalue weighted by atomic mass is 9.83. The highest BCUT2D eigenvalue weighted by molar-refractivity contribution is 5.89. The maximum absolute atomic E-state index is 11.9. The van der Waals surface area contributed by atoms with Gasteiger partial charge in [-0.15, -0.1) is 0 Å². The summed E-state index contributed by atoms with van der Waals surface area (Å²) >= 11 is 0. The van der Waals surface area contributed by atoms with E-state index >= 15 is 0 Å². The van der Waals surface area contributed by atoms with Gasteiger partial charge in [-0.3, -0.25) is 4.79 Å². The van der Waals surface area contributed by atoms with Gasteiger partial charge in [0.05, 0.1) is 6.04 Å². The Morgan fingerprint density at radius 2 is 1.77 bits per heavy atom. The van der Waals surface area contributed by atoms with Crippen LogP contribution in [0.2, 0.25) is 0 Å². The third kappa shape index (κ3) is 2.51. The summed E-state index contributed by atoms with van der Waals surface area (Å²) in [6.45, 7) is 9.81. The average Bonchev–Trinajstić information content (AvgIpc) is 2.02. The van der Waals surface area contributed by atoms with E-state index in [0.717, 1.165) is 13.1 Å². The van der Waals surface area contributed by atoms with Gasteiger partial charge < -0.3 is 10.6 Å². The molecule has 1 heterocycles. The zero-order chi connectivity index (χ0) is 10.1. The summed E-state index contributed by atoms with van der Waals surface area (Å²) in [6, 6.07) is 0.231. The smallest absolute Gasteiger partial charge is 0.156 e. The SMILES string of the molecule is CC1NCCNC1C(=O)C(C)(C)C. The topological polar surface area (TPSA) is 41.1 Å². The molecule has 0 saturated carbocycles. The summed E-state index contributed by atoms with van der Waals surface area (Å²) < 4.78 is 0. The van der Waals surface area contributed by atoms with E-state index in [9.17, 15) is 4.79 Å². The van der Waals surface area contributed by atoms with Gasteiger partial charge >= 0.3 is 0 Å². The summed E-state index contributed by atoms with van der Waals surface area (Å²) in [5, 5.41) is 6.56. The van der Waals surface area contributed by atoms with Crippen LogP contribution >= 0.6 is 0 Å². The Morgan fingerprint density at radius 1 is 1.23 bits per heavy atom. The van der Waals surface area contributed by atoms with Crippen LogP contribution in [-0.2, 0) is 4.79 Å². The van der Waals surface area contributed by atoms with Gasteiger partial charge in [-0.2, -0.15) is 0 Å². The number of nitrogens with one attached hydrogen (secondary N) is 2. The van der Waals surface area contributed by atoms with Gasteiger partial charge in [0, 0.05) is 24.5 Å². The zero-order valence-electron chi connectivity index (χ0n) is 8.98. The highest BCUT2D eigenvalue weighted by Gasteiger charge is 2.34. The van der Waals surface area contributed by atoms with E-state index in [1.807, 2.05) is 20.8 Å². The van der Waals surface area contributed by atoms with Crippen LogP contribution in [0.4, 0.5) is 0 Å². The molecule has 0 radical (unpaired) electrons. The van der Waals surface area contributed by atoms with Crippen molar-refractivity contribution in [2.75, 3.05) is 13.1 Å². The highest BCUT2D eigenvalue weighted by Crippen LogP contribution is 2.18. The molecule has 76 valence electrons. The molecule has 0 aromatic heterocycles. The van der Waals surface area contributed by atoms with Gasteiger partial charge in [0.1, 0.15) is 0 Å². The number of carbonyl (C=O) groups is 1. The molecule has 0 aromatic carbocycles. The van der Waals surface area contributed by atoms with E-state index in [1.165, 1.54) is 0 Å². The first-order valence-corrected chi connectivity index (χ1v) is 4.94. The molecule has 0 aliphatic carbocycles. The minimum absolute atomic E-state index is 0.0197. The molecule has 1 aliphatic heterocycles. The van der Waals surface area contributed by atoms with Gasteiger partial charge in [-0.25, -0.2) is 0 Å². The van der Waals surface area contributed by atoms with Crippen LogP contribution in [0.15, 0.2) is 0 Å². The minimum Gasteiger partial charge on any atom is -0.311 e. The van der Waals surface area contributed by atoms with Crippen LogP contribution in [0.1, 0.15) is 27.7 Å². The lowest BCUT2D eigenvalue weighted by molar-refractivity contribution is -0.129. The first-order valence-electron chi connectivity index (χ1n) is 4.94. The average molecular weight is 184 g/mol. The predicted octanol–water partition coefficient (Wildman–Crippen LogP) is 0.551. The first-order chi connectivity index (χ1) is 5.93. The highest BCUT2D eigenvalue weighted by atomic mass is 16.1. The van der Waals surface area contributed by atoms with Crippen LogP contribution in [0, 0.1) is 5.41 Å². The third-order valence-corrected chi connectivity index (χ3v) is 2.48. The number of hydrogen-bond donors (Lipinski definition) is 2. The fourth-order valence-electron chi connectivity index (χ4n) is 1.61. The Bertz CT molecular complexity index is 196. The molecule has 1 rings (SSSR count). The molecular formula is C10H20N2O. The van der Waals surface area contributed by atoms with E-state index in [0.29, 0.717) is 5.78 Å². The van der Waals surface area contributed by atoms with Crippen molar-refractivity contribution in [2.24, 2.45) is 5.41 Å². The second-order valence-corrected chi connectivity index (χ2v) is 4.79. The summed E-state index contributed by atoms with van der Waals surface area (Å²) in [5.41, 5.74) is -0.245. The fraction of sp³-hybridized carbons (Fsp3) is 0.900. The molecule has 0 bridgehead atoms. The molecule has 1 fully saturated rings. The summed E-state index contributed by atoms with van der Waals surface area (Å²) in [6.07, 6.45) is 0. The number of piperazine rings is 1. The van der Waals surface area contributed by atoms with Crippen LogP contribution < -0.4 is 10.6 Å². The lowest BCUT2D eigenvalue weighted by Crippen LogP contribution is -2.60. The van der Waals surface area contributed by atoms with Gasteiger partial charge in [0.15, 0.2) is 5.78 Å². The monoisotopic (exact) mass is 184 g/mol. The second kappa shape index (κ2) is 3.76. The van der Waals surface area contributed by atoms with Crippen molar-refractivity contribution in [2.45, 2.75) is 39.8 Å². The predicted molar refractivity (Wildman–Crippen MR) is 53.7 cm³/mol. The van der Waals surface area contributed by atoms with Gasteiger partial charge in [0.25, 0.3) is 0 Å². The van der Waals surface area contributed by atoms with Crippen LogP contribution in [0.3, 0.4) is 0 Å². The molecule has 0 aromatic rings. The standard InChI is InChI=1S/C10H20N2O/c1-7-8(12-6-5-11-7)9(13)10(2,3)4/h7-8,11-12H,5-6H2,1-4H3. The summed E-state index contributed by atoms with van der Waals surface area (Å²) in [4.78, 5) is 11.9. The van der Waals surface area contributed by atoms with Crippen molar-refractivity contribution >= 4 is 5.78 Å². The van der Waals surface area contributed by atoms with Crippen molar-refractivity contribution in [3.8, 4) is 0 Å². The van der Waals surface area contributed by atoms with E-state index < -0.39 is 0 Å². The maximum Gasteiger partial charge on any atom is 0.156 e. The van der Waals surface area contributed by atoms with E-state index in [4.69, 9.17) is 0 Å². The second-order valence-electron chi connectivity index (χ2n) is 4.79. The van der Waals surface area contributed by atoms with Crippen LogP contribution in [0.5, 0.6) is 0 Å². The third-order valence-electron chi connectivity index (χ3n) is 2.48. The number of rotatable bonds is 1. The molecule has 0 amide bonds. The molecular weight excluding hydrogens is 164 g/mol. The molecule has 1 aliphatic rings. The molecule has 1 saturated heterocycles. The molecule has 0 spiro atoms. The van der Waals surface area contributed by atoms with Crippen LogP contribution in [-0.4, -0.2) is 31.0 Å². The van der Waals surface area contributed by atoms with Crippen molar-refractivity contribution in [3.63, 3.8) is 0 Å². The van der Waals surface area contributed by atoms with Crippen LogP contribution in [0.25, 0.3) is 0 Å². The Labute approximate surface area is 80.3 Å². The Balaban J connectivity index is 2.64. The molecule has 2 atom stereocenters. The van der Waals surface area contributed by atoms with Gasteiger partial charge in [-0.1, -0.05) is 20.8 Å². The van der Waals surface area contributed by atoms with E-state index in [1.54, 1.807) is 0 Å². The van der Waals surface area contributed by atoms with E-state index in [-0.39, 0.29) is 17.5 Å². The number of hydrogen-bond acceptors (Lipinski definition) is 3. The number of ketones is 1.